The first-order chi connectivity index (χ1) is 18.1. The van der Waals surface area contributed by atoms with Crippen LogP contribution in [0, 0.1) is 0 Å². The van der Waals surface area contributed by atoms with Gasteiger partial charge in [0.05, 0.1) is 27.0 Å². The summed E-state index contributed by atoms with van der Waals surface area (Å²) in [5, 5.41) is 1.46. The van der Waals surface area contributed by atoms with E-state index in [4.69, 9.17) is 19.4 Å². The van der Waals surface area contributed by atoms with Gasteiger partial charge in [0, 0.05) is 36.2 Å². The van der Waals surface area contributed by atoms with Crippen LogP contribution in [0.3, 0.4) is 0 Å². The Morgan fingerprint density at radius 1 is 0.868 bits per heavy atom. The summed E-state index contributed by atoms with van der Waals surface area (Å²) in [6.07, 6.45) is 0. The lowest BCUT2D eigenvalue weighted by molar-refractivity contribution is 0.0986. The predicted octanol–water partition coefficient (Wildman–Crippen LogP) is 5.91. The highest BCUT2D eigenvalue weighted by molar-refractivity contribution is 7.22. The molecule has 0 fully saturated rings. The van der Waals surface area contributed by atoms with E-state index in [9.17, 15) is 4.79 Å². The molecule has 1 aliphatic heterocycles. The van der Waals surface area contributed by atoms with E-state index in [0.29, 0.717) is 48.5 Å². The van der Waals surface area contributed by atoms with Crippen LogP contribution in [0.25, 0.3) is 32.4 Å². The zero-order chi connectivity index (χ0) is 25.4. The fourth-order valence-corrected chi connectivity index (χ4v) is 5.41. The normalized spacial score (nSPS) is 12.5. The van der Waals surface area contributed by atoms with Crippen molar-refractivity contribution in [2.24, 2.45) is 0 Å². The van der Waals surface area contributed by atoms with E-state index >= 15 is 0 Å². The van der Waals surface area contributed by atoms with Gasteiger partial charge < -0.3 is 14.4 Å². The molecule has 0 N–H and O–H groups in total. The maximum Gasteiger partial charge on any atom is 0.260 e. The maximum atomic E-state index is 14.3. The van der Waals surface area contributed by atoms with E-state index in [-0.39, 0.29) is 18.3 Å². The van der Waals surface area contributed by atoms with E-state index in [1.54, 1.807) is 4.90 Å². The van der Waals surface area contributed by atoms with E-state index in [1.807, 2.05) is 86.9 Å². The number of nitrogens with zero attached hydrogens (tertiary/aromatic N) is 4. The average Bonchev–Trinajstić information content (AvgIpc) is 3.33. The second-order valence-electron chi connectivity index (χ2n) is 9.16. The third-order valence-electron chi connectivity index (χ3n) is 6.30. The number of hydrogen-bond donors (Lipinski definition) is 0. The van der Waals surface area contributed by atoms with Crippen LogP contribution < -0.4 is 14.4 Å². The molecule has 6 rings (SSSR count). The van der Waals surface area contributed by atoms with Crippen LogP contribution in [0.1, 0.15) is 10.4 Å². The molecule has 5 aromatic rings. The second kappa shape index (κ2) is 10.9. The molecule has 0 saturated carbocycles. The van der Waals surface area contributed by atoms with Gasteiger partial charge in [-0.1, -0.05) is 59.9 Å². The van der Waals surface area contributed by atoms with Gasteiger partial charge in [-0.3, -0.25) is 9.69 Å². The van der Waals surface area contributed by atoms with Gasteiger partial charge in [0.2, 0.25) is 0 Å². The van der Waals surface area contributed by atoms with Crippen molar-refractivity contribution in [3.05, 3.63) is 78.4 Å². The molecule has 0 aliphatic carbocycles. The van der Waals surface area contributed by atoms with Crippen molar-refractivity contribution in [1.29, 1.82) is 0 Å². The van der Waals surface area contributed by atoms with Crippen molar-refractivity contribution in [2.45, 2.75) is 0 Å². The maximum absolute atomic E-state index is 14.3. The first kappa shape index (κ1) is 25.9. The monoisotopic (exact) mass is 546 g/mol. The number of amides is 1. The number of carbonyl (C=O) groups is 1. The molecular formula is C29H27ClN4O3S. The first-order valence-electron chi connectivity index (χ1n) is 12.2. The summed E-state index contributed by atoms with van der Waals surface area (Å²) >= 11 is 1.48. The van der Waals surface area contributed by atoms with Crippen molar-refractivity contribution in [3.63, 3.8) is 0 Å². The molecule has 0 radical (unpaired) electrons. The Kier molecular flexibility index (Phi) is 7.46. The van der Waals surface area contributed by atoms with Gasteiger partial charge in [0.25, 0.3) is 5.91 Å². The summed E-state index contributed by atoms with van der Waals surface area (Å²) in [7, 11) is 4.00. The van der Waals surface area contributed by atoms with Crippen LogP contribution in [0.15, 0.2) is 72.8 Å². The van der Waals surface area contributed by atoms with Gasteiger partial charge in [-0.25, -0.2) is 9.97 Å². The minimum Gasteiger partial charge on any atom is -0.486 e. The number of thiazole rings is 1. The highest BCUT2D eigenvalue weighted by Gasteiger charge is 2.25. The van der Waals surface area contributed by atoms with Gasteiger partial charge in [0.1, 0.15) is 13.2 Å². The summed E-state index contributed by atoms with van der Waals surface area (Å²) in [6.45, 7) is 2.23. The van der Waals surface area contributed by atoms with Crippen LogP contribution in [-0.2, 0) is 0 Å². The smallest absolute Gasteiger partial charge is 0.260 e. The van der Waals surface area contributed by atoms with Crippen molar-refractivity contribution in [1.82, 2.24) is 14.9 Å². The summed E-state index contributed by atoms with van der Waals surface area (Å²) in [4.78, 5) is 27.8. The van der Waals surface area contributed by atoms with Crippen molar-refractivity contribution >= 4 is 55.9 Å². The lowest BCUT2D eigenvalue weighted by Gasteiger charge is -2.23. The van der Waals surface area contributed by atoms with Gasteiger partial charge in [-0.05, 0) is 26.2 Å². The fraction of sp³-hybridized carbons (Fsp3) is 0.207. The van der Waals surface area contributed by atoms with Gasteiger partial charge in [0.15, 0.2) is 16.6 Å². The zero-order valence-corrected chi connectivity index (χ0v) is 22.7. The Morgan fingerprint density at radius 3 is 2.34 bits per heavy atom. The number of para-hydroxylation sites is 1. The molecule has 1 aliphatic rings. The summed E-state index contributed by atoms with van der Waals surface area (Å²) in [6, 6.07) is 23.5. The molecule has 3 heterocycles. The Labute approximate surface area is 231 Å². The number of fused-ring (bicyclic) bond motifs is 3. The zero-order valence-electron chi connectivity index (χ0n) is 21.1. The highest BCUT2D eigenvalue weighted by atomic mass is 35.5. The fourth-order valence-electron chi connectivity index (χ4n) is 4.41. The molecule has 1 amide bonds. The van der Waals surface area contributed by atoms with E-state index in [2.05, 4.69) is 4.90 Å². The number of hydrogen-bond acceptors (Lipinski definition) is 7. The molecule has 9 heteroatoms. The average molecular weight is 547 g/mol. The van der Waals surface area contributed by atoms with Crippen molar-refractivity contribution in [2.75, 3.05) is 45.3 Å². The molecule has 0 atom stereocenters. The summed E-state index contributed by atoms with van der Waals surface area (Å²) < 4.78 is 12.5. The molecule has 0 unspecified atom stereocenters. The van der Waals surface area contributed by atoms with Crippen LogP contribution >= 0.6 is 23.7 Å². The molecule has 0 spiro atoms. The highest BCUT2D eigenvalue weighted by Crippen LogP contribution is 2.39. The van der Waals surface area contributed by atoms with Crippen LogP contribution in [0.5, 0.6) is 11.5 Å². The van der Waals surface area contributed by atoms with Gasteiger partial charge in [-0.2, -0.15) is 0 Å². The third kappa shape index (κ3) is 5.03. The Bertz CT molecular complexity index is 1560. The number of rotatable bonds is 6. The topological polar surface area (TPSA) is 67.8 Å². The Hall–Kier alpha value is -3.72. The number of halogens is 1. The van der Waals surface area contributed by atoms with Crippen molar-refractivity contribution in [3.8, 4) is 22.8 Å². The lowest BCUT2D eigenvalue weighted by atomic mass is 10.0. The third-order valence-corrected chi connectivity index (χ3v) is 7.35. The molecule has 2 aromatic heterocycles. The second-order valence-corrected chi connectivity index (χ2v) is 10.2. The summed E-state index contributed by atoms with van der Waals surface area (Å²) in [5.74, 6) is 1.30. The van der Waals surface area contributed by atoms with Crippen molar-refractivity contribution < 1.29 is 14.3 Å². The van der Waals surface area contributed by atoms with Gasteiger partial charge >= 0.3 is 0 Å². The van der Waals surface area contributed by atoms with Crippen LogP contribution in [0.2, 0.25) is 0 Å². The number of pyridine rings is 1. The Morgan fingerprint density at radius 2 is 1.58 bits per heavy atom. The number of anilines is 1. The number of aromatic nitrogens is 2. The predicted molar refractivity (Wildman–Crippen MR) is 155 cm³/mol. The summed E-state index contributed by atoms with van der Waals surface area (Å²) in [5.41, 5.74) is 3.91. The minimum atomic E-state index is -0.103. The van der Waals surface area contributed by atoms with Gasteiger partial charge in [-0.15, -0.1) is 12.4 Å². The molecule has 38 heavy (non-hydrogen) atoms. The van der Waals surface area contributed by atoms with Crippen LogP contribution in [0.4, 0.5) is 5.13 Å². The largest absolute Gasteiger partial charge is 0.486 e. The molecule has 0 saturated heterocycles. The molecule has 194 valence electrons. The Balaban J connectivity index is 0.00000294. The number of benzene rings is 3. The molecule has 3 aromatic carbocycles. The van der Waals surface area contributed by atoms with E-state index < -0.39 is 0 Å². The van der Waals surface area contributed by atoms with Crippen LogP contribution in [-0.4, -0.2) is 61.2 Å². The number of ether oxygens (including phenoxy) is 2. The number of carbonyl (C=O) groups excluding carboxylic acids is 1. The SMILES string of the molecule is CN(C)CCN(C(=O)c1cc(-c2ccccc2)nc2ccccc12)c1nc2cc3c(cc2s1)OCCO3.Cl. The van der Waals surface area contributed by atoms with E-state index in [1.165, 1.54) is 11.3 Å². The quantitative estimate of drug-likeness (QED) is 0.264. The molecule has 0 bridgehead atoms. The number of likely N-dealkylation sites (N-methyl/N-ethyl adjacent to an activating group) is 1. The first-order valence-corrected chi connectivity index (χ1v) is 13.0. The lowest BCUT2D eigenvalue weighted by Crippen LogP contribution is -2.37. The molecule has 7 nitrogen and oxygen atoms in total. The molecular weight excluding hydrogens is 520 g/mol. The van der Waals surface area contributed by atoms with E-state index in [0.717, 1.165) is 32.4 Å². The minimum absolute atomic E-state index is 0. The standard InChI is InChI=1S/C29H26N4O3S.ClH/c1-32(2)12-13-33(29-31-24-17-25-26(18-27(24)37-29)36-15-14-35-25)28(34)21-16-23(19-8-4-3-5-9-19)30-22-11-7-6-10-20(21)22;/h3-11,16-18H,12-15H2,1-2H3;1H.